The van der Waals surface area contributed by atoms with Crippen LogP contribution >= 0.6 is 11.3 Å². The fourth-order valence-corrected chi connectivity index (χ4v) is 2.53. The number of carbonyl (C=O) groups is 1. The molecular weight excluding hydrogens is 304 g/mol. The Hall–Kier alpha value is -2.54. The van der Waals surface area contributed by atoms with Gasteiger partial charge in [-0.15, -0.1) is 11.3 Å². The standard InChI is InChI=1S/C15H14N2O4S/c1-19-11-8-10(9-12-14(11)21-6-5-20-12)2-3-13(18)17-15-16-4-7-22-15/h2-4,7-9H,5-6H2,1H3,(H,16,17,18). The average Bonchev–Trinajstić information content (AvgIpc) is 3.05. The van der Waals surface area contributed by atoms with E-state index < -0.39 is 0 Å². The monoisotopic (exact) mass is 318 g/mol. The number of amides is 1. The number of ether oxygens (including phenoxy) is 3. The van der Waals surface area contributed by atoms with Crippen LogP contribution in [-0.2, 0) is 4.79 Å². The summed E-state index contributed by atoms with van der Waals surface area (Å²) in [7, 11) is 1.57. The zero-order chi connectivity index (χ0) is 15.4. The second-order valence-corrected chi connectivity index (χ2v) is 5.30. The molecule has 1 aromatic carbocycles. The first-order valence-electron chi connectivity index (χ1n) is 6.62. The molecule has 114 valence electrons. The topological polar surface area (TPSA) is 69.7 Å². The van der Waals surface area contributed by atoms with Crippen molar-refractivity contribution in [3.8, 4) is 17.2 Å². The minimum absolute atomic E-state index is 0.246. The van der Waals surface area contributed by atoms with Gasteiger partial charge < -0.3 is 14.2 Å². The molecule has 0 spiro atoms. The van der Waals surface area contributed by atoms with Crippen LogP contribution in [0.25, 0.3) is 6.08 Å². The molecule has 2 aromatic rings. The molecule has 0 saturated carbocycles. The second-order valence-electron chi connectivity index (χ2n) is 4.41. The number of nitrogens with zero attached hydrogens (tertiary/aromatic N) is 1. The van der Waals surface area contributed by atoms with Gasteiger partial charge in [0.1, 0.15) is 13.2 Å². The molecule has 0 bridgehead atoms. The number of nitrogens with one attached hydrogen (secondary N) is 1. The Labute approximate surface area is 131 Å². The Morgan fingerprint density at radius 2 is 2.27 bits per heavy atom. The van der Waals surface area contributed by atoms with E-state index in [1.165, 1.54) is 17.4 Å². The number of anilines is 1. The predicted molar refractivity (Wildman–Crippen MR) is 83.8 cm³/mol. The third kappa shape index (κ3) is 3.20. The van der Waals surface area contributed by atoms with Gasteiger partial charge >= 0.3 is 0 Å². The van der Waals surface area contributed by atoms with E-state index >= 15 is 0 Å². The van der Waals surface area contributed by atoms with Gasteiger partial charge in [0, 0.05) is 17.7 Å². The average molecular weight is 318 g/mol. The summed E-state index contributed by atoms with van der Waals surface area (Å²) in [6.07, 6.45) is 4.76. The minimum atomic E-state index is -0.246. The van der Waals surface area contributed by atoms with E-state index in [9.17, 15) is 4.79 Å². The summed E-state index contributed by atoms with van der Waals surface area (Å²) in [5.41, 5.74) is 0.787. The molecule has 1 aliphatic heterocycles. The maximum Gasteiger partial charge on any atom is 0.250 e. The lowest BCUT2D eigenvalue weighted by Crippen LogP contribution is -2.16. The molecule has 7 heteroatoms. The highest BCUT2D eigenvalue weighted by Gasteiger charge is 2.17. The molecule has 3 rings (SSSR count). The van der Waals surface area contributed by atoms with Gasteiger partial charge in [-0.2, -0.15) is 0 Å². The number of hydrogen-bond donors (Lipinski definition) is 1. The molecule has 0 aliphatic carbocycles. The molecule has 1 amide bonds. The van der Waals surface area contributed by atoms with Crippen LogP contribution in [0.1, 0.15) is 5.56 Å². The number of fused-ring (bicyclic) bond motifs is 1. The van der Waals surface area contributed by atoms with Crippen molar-refractivity contribution in [1.29, 1.82) is 0 Å². The lowest BCUT2D eigenvalue weighted by Gasteiger charge is -2.20. The van der Waals surface area contributed by atoms with Crippen LogP contribution < -0.4 is 19.5 Å². The molecule has 0 unspecified atom stereocenters. The quantitative estimate of drug-likeness (QED) is 0.878. The third-order valence-electron chi connectivity index (χ3n) is 2.94. The molecule has 1 aliphatic rings. The number of carbonyl (C=O) groups excluding carboxylic acids is 1. The number of aromatic nitrogens is 1. The first-order chi connectivity index (χ1) is 10.8. The van der Waals surface area contributed by atoms with Gasteiger partial charge in [-0.05, 0) is 23.8 Å². The van der Waals surface area contributed by atoms with Crippen LogP contribution in [0.4, 0.5) is 5.13 Å². The van der Waals surface area contributed by atoms with Crippen LogP contribution in [0.5, 0.6) is 17.2 Å². The number of thiazole rings is 1. The normalized spacial score (nSPS) is 13.1. The first kappa shape index (κ1) is 14.4. The van der Waals surface area contributed by atoms with E-state index in [2.05, 4.69) is 10.3 Å². The molecular formula is C15H14N2O4S. The number of benzene rings is 1. The molecule has 0 fully saturated rings. The van der Waals surface area contributed by atoms with E-state index in [0.29, 0.717) is 35.6 Å². The summed E-state index contributed by atoms with van der Waals surface area (Å²) in [4.78, 5) is 15.8. The molecule has 0 radical (unpaired) electrons. The highest BCUT2D eigenvalue weighted by Crippen LogP contribution is 2.40. The van der Waals surface area contributed by atoms with Crippen LogP contribution in [0, 0.1) is 0 Å². The van der Waals surface area contributed by atoms with Crippen molar-refractivity contribution in [2.45, 2.75) is 0 Å². The molecule has 0 saturated heterocycles. The van der Waals surface area contributed by atoms with Gasteiger partial charge in [0.2, 0.25) is 11.7 Å². The van der Waals surface area contributed by atoms with E-state index in [1.54, 1.807) is 30.8 Å². The highest BCUT2D eigenvalue weighted by atomic mass is 32.1. The fourth-order valence-electron chi connectivity index (χ4n) is 1.99. The van der Waals surface area contributed by atoms with Crippen LogP contribution in [-0.4, -0.2) is 31.2 Å². The van der Waals surface area contributed by atoms with Gasteiger partial charge in [-0.1, -0.05) is 0 Å². The smallest absolute Gasteiger partial charge is 0.250 e. The van der Waals surface area contributed by atoms with Crippen LogP contribution in [0.3, 0.4) is 0 Å². The van der Waals surface area contributed by atoms with Crippen LogP contribution in [0.2, 0.25) is 0 Å². The molecule has 0 atom stereocenters. The zero-order valence-electron chi connectivity index (χ0n) is 11.9. The van der Waals surface area contributed by atoms with Crippen molar-refractivity contribution in [2.75, 3.05) is 25.6 Å². The Kier molecular flexibility index (Phi) is 4.24. The number of hydrogen-bond acceptors (Lipinski definition) is 6. The summed E-state index contributed by atoms with van der Waals surface area (Å²) in [6, 6.07) is 3.60. The van der Waals surface area contributed by atoms with Crippen molar-refractivity contribution >= 4 is 28.5 Å². The number of rotatable bonds is 4. The summed E-state index contributed by atoms with van der Waals surface area (Å²) in [5.74, 6) is 1.55. The minimum Gasteiger partial charge on any atom is -0.493 e. The summed E-state index contributed by atoms with van der Waals surface area (Å²) in [6.45, 7) is 0.989. The maximum atomic E-state index is 11.8. The Morgan fingerprint density at radius 1 is 1.41 bits per heavy atom. The van der Waals surface area contributed by atoms with E-state index in [0.717, 1.165) is 5.56 Å². The van der Waals surface area contributed by atoms with E-state index in [-0.39, 0.29) is 5.91 Å². The van der Waals surface area contributed by atoms with E-state index in [4.69, 9.17) is 14.2 Å². The second kappa shape index (κ2) is 6.48. The zero-order valence-corrected chi connectivity index (χ0v) is 12.7. The van der Waals surface area contributed by atoms with Gasteiger partial charge in [-0.3, -0.25) is 10.1 Å². The van der Waals surface area contributed by atoms with Gasteiger partial charge in [0.15, 0.2) is 16.6 Å². The Bertz CT molecular complexity index is 681. The molecule has 22 heavy (non-hydrogen) atoms. The molecule has 2 heterocycles. The Balaban J connectivity index is 1.77. The lowest BCUT2D eigenvalue weighted by atomic mass is 10.1. The van der Waals surface area contributed by atoms with E-state index in [1.807, 2.05) is 6.07 Å². The van der Waals surface area contributed by atoms with Gasteiger partial charge in [-0.25, -0.2) is 4.98 Å². The third-order valence-corrected chi connectivity index (χ3v) is 3.63. The highest BCUT2D eigenvalue weighted by molar-refractivity contribution is 7.13. The van der Waals surface area contributed by atoms with Gasteiger partial charge in [0.25, 0.3) is 0 Å². The molecule has 1 aromatic heterocycles. The predicted octanol–water partition coefficient (Wildman–Crippen LogP) is 2.57. The Morgan fingerprint density at radius 3 is 3.05 bits per heavy atom. The maximum absolute atomic E-state index is 11.8. The first-order valence-corrected chi connectivity index (χ1v) is 7.50. The van der Waals surface area contributed by atoms with Crippen molar-refractivity contribution < 1.29 is 19.0 Å². The SMILES string of the molecule is COc1cc(C=CC(=O)Nc2nccs2)cc2c1OCCO2. The lowest BCUT2D eigenvalue weighted by molar-refractivity contribution is -0.111. The molecule has 1 N–H and O–H groups in total. The summed E-state index contributed by atoms with van der Waals surface area (Å²) < 4.78 is 16.4. The summed E-state index contributed by atoms with van der Waals surface area (Å²) >= 11 is 1.36. The number of methoxy groups -OCH3 is 1. The van der Waals surface area contributed by atoms with Crippen molar-refractivity contribution in [3.63, 3.8) is 0 Å². The largest absolute Gasteiger partial charge is 0.493 e. The van der Waals surface area contributed by atoms with Crippen molar-refractivity contribution in [3.05, 3.63) is 35.3 Å². The molecule has 6 nitrogen and oxygen atoms in total. The fraction of sp³-hybridized carbons (Fsp3) is 0.200. The van der Waals surface area contributed by atoms with Gasteiger partial charge in [0.05, 0.1) is 7.11 Å². The van der Waals surface area contributed by atoms with Crippen LogP contribution in [0.15, 0.2) is 29.8 Å². The summed E-state index contributed by atoms with van der Waals surface area (Å²) in [5, 5.41) is 5.04. The van der Waals surface area contributed by atoms with Crippen molar-refractivity contribution in [1.82, 2.24) is 4.98 Å². The van der Waals surface area contributed by atoms with Crippen molar-refractivity contribution in [2.24, 2.45) is 0 Å².